The minimum atomic E-state index is 0.452. The van der Waals surface area contributed by atoms with Crippen molar-refractivity contribution in [1.29, 1.82) is 0 Å². The van der Waals surface area contributed by atoms with Gasteiger partial charge in [-0.1, -0.05) is 45.5 Å². The topological polar surface area (TPSA) is 3.24 Å². The van der Waals surface area contributed by atoms with Crippen LogP contribution in [0.4, 0.5) is 0 Å². The maximum Gasteiger partial charge on any atom is 0.0449 e. The molecule has 1 aliphatic heterocycles. The second-order valence-corrected chi connectivity index (χ2v) is 7.30. The Morgan fingerprint density at radius 1 is 1.22 bits per heavy atom. The molecule has 0 N–H and O–H groups in total. The maximum absolute atomic E-state index is 6.11. The van der Waals surface area contributed by atoms with E-state index in [0.29, 0.717) is 10.4 Å². The molecular formula is C16H24ClN. The number of nitrogens with zero attached hydrogens (tertiary/aromatic N) is 1. The summed E-state index contributed by atoms with van der Waals surface area (Å²) in [4.78, 5) is 2.36. The summed E-state index contributed by atoms with van der Waals surface area (Å²) in [6, 6.07) is 0. The molecule has 2 atom stereocenters. The van der Waals surface area contributed by atoms with Crippen LogP contribution in [0.1, 0.15) is 27.7 Å². The van der Waals surface area contributed by atoms with E-state index in [9.17, 15) is 0 Å². The third-order valence-corrected chi connectivity index (χ3v) is 4.73. The lowest BCUT2D eigenvalue weighted by molar-refractivity contribution is 0.257. The molecule has 18 heavy (non-hydrogen) atoms. The van der Waals surface area contributed by atoms with Crippen LogP contribution in [0.3, 0.4) is 0 Å². The first-order chi connectivity index (χ1) is 8.21. The van der Waals surface area contributed by atoms with Crippen LogP contribution in [0.2, 0.25) is 0 Å². The van der Waals surface area contributed by atoms with Gasteiger partial charge in [0.05, 0.1) is 0 Å². The predicted octanol–water partition coefficient (Wildman–Crippen LogP) is 4.42. The van der Waals surface area contributed by atoms with E-state index < -0.39 is 0 Å². The second kappa shape index (κ2) is 4.45. The summed E-state index contributed by atoms with van der Waals surface area (Å²) in [5.74, 6) is 2.61. The Balaban J connectivity index is 1.93. The summed E-state index contributed by atoms with van der Waals surface area (Å²) >= 11 is 6.11. The highest BCUT2D eigenvalue weighted by Crippen LogP contribution is 2.60. The Hall–Kier alpha value is -0.690. The summed E-state index contributed by atoms with van der Waals surface area (Å²) in [7, 11) is 0. The first kappa shape index (κ1) is 13.7. The molecule has 0 bridgehead atoms. The van der Waals surface area contributed by atoms with E-state index in [1.165, 1.54) is 0 Å². The van der Waals surface area contributed by atoms with Crippen LogP contribution < -0.4 is 0 Å². The maximum atomic E-state index is 6.11. The zero-order chi connectivity index (χ0) is 13.7. The molecule has 2 heteroatoms. The lowest BCUT2D eigenvalue weighted by Crippen LogP contribution is -2.26. The summed E-state index contributed by atoms with van der Waals surface area (Å²) in [5, 5.41) is 0.716. The van der Waals surface area contributed by atoms with Crippen molar-refractivity contribution in [3.8, 4) is 0 Å². The molecule has 1 heterocycles. The van der Waals surface area contributed by atoms with Crippen molar-refractivity contribution in [2.24, 2.45) is 23.2 Å². The molecule has 0 aromatic heterocycles. The van der Waals surface area contributed by atoms with Crippen LogP contribution >= 0.6 is 11.6 Å². The molecule has 100 valence electrons. The van der Waals surface area contributed by atoms with E-state index >= 15 is 0 Å². The van der Waals surface area contributed by atoms with E-state index in [0.717, 1.165) is 42.1 Å². The molecule has 0 aromatic rings. The molecule has 0 aromatic carbocycles. The first-order valence-electron chi connectivity index (χ1n) is 6.68. The van der Waals surface area contributed by atoms with Gasteiger partial charge in [-0.25, -0.2) is 0 Å². The molecule has 0 radical (unpaired) electrons. The third kappa shape index (κ3) is 2.51. The monoisotopic (exact) mass is 265 g/mol. The molecule has 0 amide bonds. The second-order valence-electron chi connectivity index (χ2n) is 6.89. The van der Waals surface area contributed by atoms with Gasteiger partial charge < -0.3 is 4.90 Å². The van der Waals surface area contributed by atoms with E-state index in [4.69, 9.17) is 11.6 Å². The zero-order valence-corrected chi connectivity index (χ0v) is 12.7. The molecule has 1 saturated heterocycles. The van der Waals surface area contributed by atoms with E-state index in [2.05, 4.69) is 38.8 Å². The van der Waals surface area contributed by atoms with Crippen molar-refractivity contribution in [3.63, 3.8) is 0 Å². The summed E-state index contributed by atoms with van der Waals surface area (Å²) in [6.07, 6.45) is 1.95. The van der Waals surface area contributed by atoms with Gasteiger partial charge in [0.15, 0.2) is 0 Å². The third-order valence-electron chi connectivity index (χ3n) is 4.30. The summed E-state index contributed by atoms with van der Waals surface area (Å²) in [5.41, 5.74) is 2.38. The van der Waals surface area contributed by atoms with Crippen LogP contribution in [0, 0.1) is 23.2 Å². The predicted molar refractivity (Wildman–Crippen MR) is 79.4 cm³/mol. The largest absolute Gasteiger partial charge is 0.371 e. The van der Waals surface area contributed by atoms with E-state index in [-0.39, 0.29) is 0 Å². The fourth-order valence-electron chi connectivity index (χ4n) is 3.41. The number of halogens is 1. The quantitative estimate of drug-likeness (QED) is 0.683. The van der Waals surface area contributed by atoms with Gasteiger partial charge in [-0.2, -0.15) is 0 Å². The number of fused-ring (bicyclic) bond motifs is 1. The number of likely N-dealkylation sites (tertiary alicyclic amines) is 1. The first-order valence-corrected chi connectivity index (χ1v) is 7.06. The minimum absolute atomic E-state index is 0.452. The van der Waals surface area contributed by atoms with Gasteiger partial charge in [-0.15, -0.1) is 0 Å². The number of piperidine rings is 1. The number of allylic oxidation sites excluding steroid dienone is 3. The standard InChI is InChI=1S/C16H24ClN/c1-10(2)14(17)7-11(3)18-8-12-13(9-18)15(12)16(4,5)6/h7,12-13,15H,1,3,8-9H2,2,4-6H3/b14-7+. The Labute approximate surface area is 116 Å². The van der Waals surface area contributed by atoms with Crippen molar-refractivity contribution < 1.29 is 0 Å². The fourth-order valence-corrected chi connectivity index (χ4v) is 3.53. The van der Waals surface area contributed by atoms with Gasteiger partial charge in [0.2, 0.25) is 0 Å². The molecule has 2 unspecified atom stereocenters. The fraction of sp³-hybridized carbons (Fsp3) is 0.625. The highest BCUT2D eigenvalue weighted by Gasteiger charge is 2.59. The van der Waals surface area contributed by atoms with Crippen LogP contribution in [0.15, 0.2) is 35.5 Å². The lowest BCUT2D eigenvalue weighted by Gasteiger charge is -2.27. The molecule has 1 nitrogen and oxygen atoms in total. The summed E-state index contributed by atoms with van der Waals surface area (Å²) < 4.78 is 0. The average Bonchev–Trinajstić information content (AvgIpc) is 2.76. The molecular weight excluding hydrogens is 242 g/mol. The van der Waals surface area contributed by atoms with Crippen molar-refractivity contribution in [2.45, 2.75) is 27.7 Å². The van der Waals surface area contributed by atoms with Gasteiger partial charge in [0, 0.05) is 23.8 Å². The van der Waals surface area contributed by atoms with Crippen molar-refractivity contribution in [1.82, 2.24) is 4.90 Å². The van der Waals surface area contributed by atoms with Gasteiger partial charge in [0.1, 0.15) is 0 Å². The number of hydrogen-bond donors (Lipinski definition) is 0. The Morgan fingerprint density at radius 3 is 2.11 bits per heavy atom. The Kier molecular flexibility index (Phi) is 3.40. The van der Waals surface area contributed by atoms with Crippen molar-refractivity contribution >= 4 is 11.6 Å². The molecule has 2 rings (SSSR count). The van der Waals surface area contributed by atoms with Crippen LogP contribution in [-0.4, -0.2) is 18.0 Å². The van der Waals surface area contributed by atoms with Crippen LogP contribution in [0.25, 0.3) is 0 Å². The van der Waals surface area contributed by atoms with Crippen molar-refractivity contribution in [2.75, 3.05) is 13.1 Å². The normalized spacial score (nSPS) is 31.3. The molecule has 2 aliphatic rings. The minimum Gasteiger partial charge on any atom is -0.371 e. The van der Waals surface area contributed by atoms with E-state index in [1.54, 1.807) is 0 Å². The Morgan fingerprint density at radius 2 is 1.72 bits per heavy atom. The summed E-state index contributed by atoms with van der Waals surface area (Å²) in [6.45, 7) is 19.2. The average molecular weight is 266 g/mol. The van der Waals surface area contributed by atoms with Gasteiger partial charge >= 0.3 is 0 Å². The molecule has 1 aliphatic carbocycles. The van der Waals surface area contributed by atoms with E-state index in [1.807, 2.05) is 13.0 Å². The van der Waals surface area contributed by atoms with Crippen molar-refractivity contribution in [3.05, 3.63) is 35.5 Å². The van der Waals surface area contributed by atoms with Crippen LogP contribution in [-0.2, 0) is 0 Å². The Bertz CT molecular complexity index is 401. The highest BCUT2D eigenvalue weighted by molar-refractivity contribution is 6.32. The van der Waals surface area contributed by atoms with Gasteiger partial charge in [-0.3, -0.25) is 0 Å². The smallest absolute Gasteiger partial charge is 0.0449 e. The number of hydrogen-bond acceptors (Lipinski definition) is 1. The zero-order valence-electron chi connectivity index (χ0n) is 12.0. The van der Waals surface area contributed by atoms with Crippen LogP contribution in [0.5, 0.6) is 0 Å². The SMILES string of the molecule is C=C(C)/C(Cl)=C\C(=C)N1CC2C(C1)C2C(C)(C)C. The highest BCUT2D eigenvalue weighted by atomic mass is 35.5. The number of rotatable bonds is 3. The molecule has 1 saturated carbocycles. The lowest BCUT2D eigenvalue weighted by atomic mass is 9.87. The van der Waals surface area contributed by atoms with Gasteiger partial charge in [-0.05, 0) is 41.7 Å². The molecule has 2 fully saturated rings. The van der Waals surface area contributed by atoms with Gasteiger partial charge in [0.25, 0.3) is 0 Å². The molecule has 0 spiro atoms.